The van der Waals surface area contributed by atoms with Gasteiger partial charge in [0.05, 0.1) is 37.0 Å². The Morgan fingerprint density at radius 3 is 2.61 bits per heavy atom. The molecule has 0 saturated carbocycles. The molecule has 1 amide bonds. The molecule has 13 heteroatoms. The van der Waals surface area contributed by atoms with Gasteiger partial charge in [-0.1, -0.05) is 18.2 Å². The van der Waals surface area contributed by atoms with Crippen LogP contribution in [-0.2, 0) is 14.3 Å². The number of carbonyl (C=O) groups is 2. The number of anilines is 2. The maximum atomic E-state index is 15.4. The normalized spacial score (nSPS) is 16.8. The Balaban J connectivity index is 1.06. The lowest BCUT2D eigenvalue weighted by molar-refractivity contribution is -0.149. The van der Waals surface area contributed by atoms with Gasteiger partial charge in [-0.3, -0.25) is 29.5 Å². The van der Waals surface area contributed by atoms with Crippen molar-refractivity contribution in [3.05, 3.63) is 90.0 Å². The van der Waals surface area contributed by atoms with Crippen molar-refractivity contribution < 1.29 is 32.9 Å². The highest BCUT2D eigenvalue weighted by Crippen LogP contribution is 2.38. The number of nitrogens with zero attached hydrogens (tertiary/aromatic N) is 4. The molecule has 1 saturated heterocycles. The fraction of sp³-hybridized carbons (Fsp3) is 0.342. The van der Waals surface area contributed by atoms with E-state index < -0.39 is 11.9 Å². The summed E-state index contributed by atoms with van der Waals surface area (Å²) >= 11 is 0. The molecule has 0 aliphatic carbocycles. The van der Waals surface area contributed by atoms with E-state index in [1.165, 1.54) is 12.1 Å². The number of aromatic nitrogens is 1. The molecule has 2 aliphatic heterocycles. The van der Waals surface area contributed by atoms with Gasteiger partial charge in [0.2, 0.25) is 0 Å². The van der Waals surface area contributed by atoms with Gasteiger partial charge in [0.1, 0.15) is 17.9 Å². The SMILES string of the molecule is COc1cc2c(Oc3ccc(NC(=O)C4=C(C)N(C)N(c5ccccc5)C4)cc3F)ccnc2cc1OCCCN1CCC(OC(=O)[C@H](C)N)C1. The van der Waals surface area contributed by atoms with Crippen LogP contribution in [-0.4, -0.2) is 85.9 Å². The minimum atomic E-state index is -0.638. The molecule has 0 bridgehead atoms. The molecule has 51 heavy (non-hydrogen) atoms. The lowest BCUT2D eigenvalue weighted by Gasteiger charge is -2.29. The summed E-state index contributed by atoms with van der Waals surface area (Å²) in [5.74, 6) is 0.0547. The molecule has 0 radical (unpaired) electrons. The lowest BCUT2D eigenvalue weighted by atomic mass is 10.1. The van der Waals surface area contributed by atoms with Crippen LogP contribution in [0, 0.1) is 5.82 Å². The van der Waals surface area contributed by atoms with E-state index in [0.29, 0.717) is 59.1 Å². The number of fused-ring (bicyclic) bond motifs is 1. The number of nitrogens with two attached hydrogens (primary N) is 1. The predicted octanol–water partition coefficient (Wildman–Crippen LogP) is 5.49. The third-order valence-electron chi connectivity index (χ3n) is 9.08. The van der Waals surface area contributed by atoms with Crippen molar-refractivity contribution in [2.24, 2.45) is 5.73 Å². The number of pyridine rings is 1. The number of likely N-dealkylation sites (tertiary alicyclic amines) is 1. The molecule has 12 nitrogen and oxygen atoms in total. The zero-order chi connectivity index (χ0) is 36.1. The van der Waals surface area contributed by atoms with Crippen molar-refractivity contribution in [1.82, 2.24) is 14.9 Å². The van der Waals surface area contributed by atoms with Crippen LogP contribution in [0.4, 0.5) is 15.8 Å². The number of ether oxygens (including phenoxy) is 4. The van der Waals surface area contributed by atoms with Crippen molar-refractivity contribution in [2.45, 2.75) is 38.8 Å². The van der Waals surface area contributed by atoms with E-state index in [0.717, 1.165) is 37.3 Å². The third kappa shape index (κ3) is 8.16. The highest BCUT2D eigenvalue weighted by molar-refractivity contribution is 6.05. The number of rotatable bonds is 13. The fourth-order valence-electron chi connectivity index (χ4n) is 6.16. The summed E-state index contributed by atoms with van der Waals surface area (Å²) in [5, 5.41) is 7.37. The first-order chi connectivity index (χ1) is 24.6. The van der Waals surface area contributed by atoms with Crippen molar-refractivity contribution in [3.63, 3.8) is 0 Å². The Bertz CT molecular complexity index is 1920. The average molecular weight is 699 g/mol. The minimum absolute atomic E-state index is 0.0116. The topological polar surface area (TPSA) is 132 Å². The summed E-state index contributed by atoms with van der Waals surface area (Å²) in [7, 11) is 3.45. The summed E-state index contributed by atoms with van der Waals surface area (Å²) < 4.78 is 38.6. The van der Waals surface area contributed by atoms with Gasteiger partial charge in [0.15, 0.2) is 23.1 Å². The Labute approximate surface area is 296 Å². The Kier molecular flexibility index (Phi) is 10.9. The van der Waals surface area contributed by atoms with Crippen molar-refractivity contribution in [1.29, 1.82) is 0 Å². The molecular weight excluding hydrogens is 655 g/mol. The van der Waals surface area contributed by atoms with E-state index in [1.807, 2.05) is 54.3 Å². The largest absolute Gasteiger partial charge is 0.493 e. The highest BCUT2D eigenvalue weighted by Gasteiger charge is 2.29. The number of amides is 1. The number of para-hydroxylation sites is 1. The minimum Gasteiger partial charge on any atom is -0.493 e. The molecule has 1 unspecified atom stereocenters. The molecule has 4 aromatic rings. The number of hydrogen-bond donors (Lipinski definition) is 2. The zero-order valence-corrected chi connectivity index (χ0v) is 29.2. The molecule has 2 atom stereocenters. The van der Waals surface area contributed by atoms with Gasteiger partial charge in [0, 0.05) is 61.8 Å². The first-order valence-corrected chi connectivity index (χ1v) is 16.9. The van der Waals surface area contributed by atoms with E-state index in [2.05, 4.69) is 15.2 Å². The monoisotopic (exact) mass is 698 g/mol. The van der Waals surface area contributed by atoms with E-state index in [9.17, 15) is 9.59 Å². The van der Waals surface area contributed by atoms with Crippen molar-refractivity contribution in [2.75, 3.05) is 57.3 Å². The quantitative estimate of drug-likeness (QED) is 0.136. The van der Waals surface area contributed by atoms with Gasteiger partial charge in [-0.15, -0.1) is 0 Å². The molecule has 3 N–H and O–H groups in total. The highest BCUT2D eigenvalue weighted by atomic mass is 19.1. The molecular formula is C38H43FN6O6. The van der Waals surface area contributed by atoms with E-state index in [1.54, 1.807) is 44.5 Å². The number of nitrogens with one attached hydrogen (secondary N) is 1. The van der Waals surface area contributed by atoms with Gasteiger partial charge in [0.25, 0.3) is 5.91 Å². The van der Waals surface area contributed by atoms with Crippen LogP contribution in [0.5, 0.6) is 23.0 Å². The van der Waals surface area contributed by atoms with Crippen LogP contribution in [0.2, 0.25) is 0 Å². The Morgan fingerprint density at radius 1 is 1.06 bits per heavy atom. The van der Waals surface area contributed by atoms with Crippen LogP contribution in [0.25, 0.3) is 10.9 Å². The van der Waals surface area contributed by atoms with Gasteiger partial charge in [-0.25, -0.2) is 4.39 Å². The number of hydrazine groups is 1. The number of hydrogen-bond acceptors (Lipinski definition) is 11. The molecule has 1 aromatic heterocycles. The second-order valence-corrected chi connectivity index (χ2v) is 12.7. The van der Waals surface area contributed by atoms with Crippen molar-refractivity contribution >= 4 is 34.2 Å². The second kappa shape index (κ2) is 15.7. The summed E-state index contributed by atoms with van der Waals surface area (Å²) in [6.45, 7) is 6.63. The summed E-state index contributed by atoms with van der Waals surface area (Å²) in [4.78, 5) is 31.8. The smallest absolute Gasteiger partial charge is 0.322 e. The van der Waals surface area contributed by atoms with Crippen molar-refractivity contribution in [3.8, 4) is 23.0 Å². The third-order valence-corrected chi connectivity index (χ3v) is 9.08. The van der Waals surface area contributed by atoms with Gasteiger partial charge in [-0.05, 0) is 63.1 Å². The average Bonchev–Trinajstić information content (AvgIpc) is 3.70. The molecule has 0 spiro atoms. The van der Waals surface area contributed by atoms with Gasteiger partial charge < -0.3 is 30.0 Å². The van der Waals surface area contributed by atoms with Crippen LogP contribution in [0.15, 0.2) is 84.2 Å². The maximum Gasteiger partial charge on any atom is 0.322 e. The summed E-state index contributed by atoms with van der Waals surface area (Å²) in [6, 6.07) is 18.7. The van der Waals surface area contributed by atoms with Crippen LogP contribution in [0.1, 0.15) is 26.7 Å². The standard InChI is InChI=1S/C38H43FN6O6/c1-24(40)38(47)50-28-14-17-44(22-28)16-8-18-49-36-21-32-29(20-35(36)48-4)33(13-15-41-32)51-34-12-11-26(19-31(34)39)42-37(46)30-23-45(43(3)25(30)2)27-9-6-5-7-10-27/h5-7,9-13,15,19-21,24,28H,8,14,16-18,22-23,40H2,1-4H3,(H,42,46)/t24-,28?/m0/s1. The molecule has 268 valence electrons. The molecule has 3 heterocycles. The number of benzene rings is 3. The number of esters is 1. The molecule has 3 aromatic carbocycles. The summed E-state index contributed by atoms with van der Waals surface area (Å²) in [6.07, 6.45) is 2.97. The van der Waals surface area contributed by atoms with Crippen LogP contribution in [0.3, 0.4) is 0 Å². The first-order valence-electron chi connectivity index (χ1n) is 16.9. The molecule has 6 rings (SSSR count). The lowest BCUT2D eigenvalue weighted by Crippen LogP contribution is -2.34. The molecule has 1 fully saturated rings. The van der Waals surface area contributed by atoms with Gasteiger partial charge >= 0.3 is 5.97 Å². The summed E-state index contributed by atoms with van der Waals surface area (Å²) in [5.41, 5.74) is 8.87. The number of carbonyl (C=O) groups excluding carboxylic acids is 2. The maximum absolute atomic E-state index is 15.4. The Morgan fingerprint density at radius 2 is 1.86 bits per heavy atom. The first kappa shape index (κ1) is 35.4. The van der Waals surface area contributed by atoms with E-state index >= 15 is 4.39 Å². The van der Waals surface area contributed by atoms with E-state index in [-0.39, 0.29) is 23.7 Å². The number of halogens is 1. The fourth-order valence-corrected chi connectivity index (χ4v) is 6.16. The van der Waals surface area contributed by atoms with E-state index in [4.69, 9.17) is 24.7 Å². The van der Waals surface area contributed by atoms with Gasteiger partial charge in [-0.2, -0.15) is 0 Å². The molecule has 2 aliphatic rings. The predicted molar refractivity (Wildman–Crippen MR) is 192 cm³/mol. The van der Waals surface area contributed by atoms with Crippen LogP contribution >= 0.6 is 0 Å². The number of methoxy groups -OCH3 is 1. The zero-order valence-electron chi connectivity index (χ0n) is 29.2. The second-order valence-electron chi connectivity index (χ2n) is 12.7. The van der Waals surface area contributed by atoms with Crippen LogP contribution < -0.4 is 30.3 Å². The Hall–Kier alpha value is -5.40. The number of allylic oxidation sites excluding steroid dienone is 1.